The summed E-state index contributed by atoms with van der Waals surface area (Å²) >= 11 is 0. The molecule has 1 N–H and O–H groups in total. The second-order valence-electron chi connectivity index (χ2n) is 4.41. The van der Waals surface area contributed by atoms with Gasteiger partial charge in [0.05, 0.1) is 26.4 Å². The third-order valence-corrected chi connectivity index (χ3v) is 3.26. The Morgan fingerprint density at radius 1 is 1.33 bits per heavy atom. The Labute approximate surface area is 108 Å². The lowest BCUT2D eigenvalue weighted by atomic mass is 10.1. The van der Waals surface area contributed by atoms with Crippen molar-refractivity contribution in [2.75, 3.05) is 27.4 Å². The molecule has 0 unspecified atom stereocenters. The molecule has 2 rings (SSSR count). The molecule has 1 aliphatic rings. The second-order valence-corrected chi connectivity index (χ2v) is 4.41. The van der Waals surface area contributed by atoms with Crippen molar-refractivity contribution in [2.45, 2.75) is 25.7 Å². The fourth-order valence-corrected chi connectivity index (χ4v) is 2.04. The highest BCUT2D eigenvalue weighted by Crippen LogP contribution is 2.31. The average Bonchev–Trinajstić information content (AvgIpc) is 2.46. The number of ether oxygens (including phenoxy) is 3. The Morgan fingerprint density at radius 2 is 2.06 bits per heavy atom. The van der Waals surface area contributed by atoms with Gasteiger partial charge < -0.3 is 19.5 Å². The Balaban J connectivity index is 2.16. The standard InChI is InChI=1S/C14H21NO3/c1-4-10-5-6-13(16-3)12(7-10)14-17-8-11(15-2)9-18-14/h5-7,11,14-15H,4,8-9H2,1-3H3. The second kappa shape index (κ2) is 6.18. The number of rotatable bonds is 4. The first-order valence-electron chi connectivity index (χ1n) is 6.35. The zero-order chi connectivity index (χ0) is 13.0. The van der Waals surface area contributed by atoms with Crippen molar-refractivity contribution in [2.24, 2.45) is 0 Å². The smallest absolute Gasteiger partial charge is 0.187 e. The third-order valence-electron chi connectivity index (χ3n) is 3.26. The van der Waals surface area contributed by atoms with Gasteiger partial charge in [-0.05, 0) is 31.2 Å². The summed E-state index contributed by atoms with van der Waals surface area (Å²) in [4.78, 5) is 0. The maximum absolute atomic E-state index is 5.74. The molecule has 0 radical (unpaired) electrons. The summed E-state index contributed by atoms with van der Waals surface area (Å²) in [7, 11) is 3.58. The third kappa shape index (κ3) is 2.83. The minimum absolute atomic E-state index is 0.265. The van der Waals surface area contributed by atoms with Crippen molar-refractivity contribution < 1.29 is 14.2 Å². The summed E-state index contributed by atoms with van der Waals surface area (Å²) in [6, 6.07) is 6.41. The van der Waals surface area contributed by atoms with E-state index in [9.17, 15) is 0 Å². The Kier molecular flexibility index (Phi) is 4.58. The summed E-state index contributed by atoms with van der Waals surface area (Å²) in [6.45, 7) is 3.44. The number of aryl methyl sites for hydroxylation is 1. The van der Waals surface area contributed by atoms with Gasteiger partial charge in [-0.3, -0.25) is 0 Å². The summed E-state index contributed by atoms with van der Waals surface area (Å²) < 4.78 is 16.9. The van der Waals surface area contributed by atoms with Crippen molar-refractivity contribution in [3.8, 4) is 5.75 Å². The van der Waals surface area contributed by atoms with Gasteiger partial charge in [0.2, 0.25) is 0 Å². The topological polar surface area (TPSA) is 39.7 Å². The average molecular weight is 251 g/mol. The van der Waals surface area contributed by atoms with Crippen LogP contribution in [0.1, 0.15) is 24.3 Å². The monoisotopic (exact) mass is 251 g/mol. The van der Waals surface area contributed by atoms with Crippen molar-refractivity contribution >= 4 is 0 Å². The maximum Gasteiger partial charge on any atom is 0.187 e. The molecule has 0 bridgehead atoms. The first kappa shape index (κ1) is 13.3. The molecule has 1 heterocycles. The van der Waals surface area contributed by atoms with E-state index >= 15 is 0 Å². The van der Waals surface area contributed by atoms with Crippen LogP contribution in [0.2, 0.25) is 0 Å². The summed E-state index contributed by atoms with van der Waals surface area (Å²) in [5, 5.41) is 3.15. The Bertz CT molecular complexity index is 387. The molecular formula is C14H21NO3. The van der Waals surface area contributed by atoms with E-state index < -0.39 is 0 Å². The SMILES string of the molecule is CCc1ccc(OC)c(C2OCC(NC)CO2)c1. The van der Waals surface area contributed by atoms with Gasteiger partial charge in [0, 0.05) is 5.56 Å². The molecule has 18 heavy (non-hydrogen) atoms. The van der Waals surface area contributed by atoms with Crippen LogP contribution in [0.3, 0.4) is 0 Å². The normalized spacial score (nSPS) is 23.9. The highest BCUT2D eigenvalue weighted by molar-refractivity contribution is 5.38. The fourth-order valence-electron chi connectivity index (χ4n) is 2.04. The number of hydrogen-bond donors (Lipinski definition) is 1. The summed E-state index contributed by atoms with van der Waals surface area (Å²) in [6.07, 6.45) is 0.666. The lowest BCUT2D eigenvalue weighted by Crippen LogP contribution is -2.40. The molecule has 1 fully saturated rings. The van der Waals surface area contributed by atoms with Gasteiger partial charge in [0.15, 0.2) is 6.29 Å². The van der Waals surface area contributed by atoms with E-state index in [1.165, 1.54) is 5.56 Å². The quantitative estimate of drug-likeness (QED) is 0.887. The fraction of sp³-hybridized carbons (Fsp3) is 0.571. The lowest BCUT2D eigenvalue weighted by molar-refractivity contribution is -0.194. The minimum atomic E-state index is -0.323. The van der Waals surface area contributed by atoms with Crippen molar-refractivity contribution in [1.29, 1.82) is 0 Å². The van der Waals surface area contributed by atoms with E-state index in [0.717, 1.165) is 17.7 Å². The predicted molar refractivity (Wildman–Crippen MR) is 69.9 cm³/mol. The minimum Gasteiger partial charge on any atom is -0.496 e. The number of benzene rings is 1. The molecular weight excluding hydrogens is 230 g/mol. The summed E-state index contributed by atoms with van der Waals surface area (Å²) in [5.41, 5.74) is 2.24. The van der Waals surface area contributed by atoms with Crippen molar-refractivity contribution in [3.63, 3.8) is 0 Å². The van der Waals surface area contributed by atoms with Gasteiger partial charge in [-0.25, -0.2) is 0 Å². The van der Waals surface area contributed by atoms with E-state index in [1.54, 1.807) is 7.11 Å². The molecule has 4 nitrogen and oxygen atoms in total. The molecule has 4 heteroatoms. The first-order chi connectivity index (χ1) is 8.78. The van der Waals surface area contributed by atoms with Gasteiger partial charge in [-0.15, -0.1) is 0 Å². The number of hydrogen-bond acceptors (Lipinski definition) is 4. The Hall–Kier alpha value is -1.10. The molecule has 1 saturated heterocycles. The molecule has 0 atom stereocenters. The highest BCUT2D eigenvalue weighted by atomic mass is 16.7. The van der Waals surface area contributed by atoms with E-state index in [4.69, 9.17) is 14.2 Å². The Morgan fingerprint density at radius 3 is 2.61 bits per heavy atom. The van der Waals surface area contributed by atoms with Gasteiger partial charge in [-0.1, -0.05) is 13.0 Å². The molecule has 100 valence electrons. The molecule has 0 aliphatic carbocycles. The zero-order valence-electron chi connectivity index (χ0n) is 11.2. The van der Waals surface area contributed by atoms with Crippen LogP contribution in [0.4, 0.5) is 0 Å². The van der Waals surface area contributed by atoms with E-state index in [1.807, 2.05) is 13.1 Å². The highest BCUT2D eigenvalue weighted by Gasteiger charge is 2.25. The maximum atomic E-state index is 5.74. The molecule has 0 spiro atoms. The molecule has 1 aromatic carbocycles. The van der Waals surface area contributed by atoms with Crippen LogP contribution in [-0.4, -0.2) is 33.4 Å². The van der Waals surface area contributed by atoms with Gasteiger partial charge in [0.1, 0.15) is 5.75 Å². The predicted octanol–water partition coefficient (Wildman–Crippen LogP) is 1.89. The van der Waals surface area contributed by atoms with Crippen LogP contribution in [0.15, 0.2) is 18.2 Å². The lowest BCUT2D eigenvalue weighted by Gasteiger charge is -2.30. The van der Waals surface area contributed by atoms with Crippen molar-refractivity contribution in [3.05, 3.63) is 29.3 Å². The number of methoxy groups -OCH3 is 1. The van der Waals surface area contributed by atoms with Crippen LogP contribution in [0.5, 0.6) is 5.75 Å². The molecule has 0 saturated carbocycles. The number of likely N-dealkylation sites (N-methyl/N-ethyl adjacent to an activating group) is 1. The van der Waals surface area contributed by atoms with E-state index in [2.05, 4.69) is 24.4 Å². The van der Waals surface area contributed by atoms with Crippen LogP contribution in [0, 0.1) is 0 Å². The van der Waals surface area contributed by atoms with Crippen LogP contribution < -0.4 is 10.1 Å². The van der Waals surface area contributed by atoms with Gasteiger partial charge >= 0.3 is 0 Å². The number of nitrogens with one attached hydrogen (secondary N) is 1. The van der Waals surface area contributed by atoms with Gasteiger partial charge in [-0.2, -0.15) is 0 Å². The van der Waals surface area contributed by atoms with E-state index in [-0.39, 0.29) is 12.3 Å². The van der Waals surface area contributed by atoms with Crippen molar-refractivity contribution in [1.82, 2.24) is 5.32 Å². The largest absolute Gasteiger partial charge is 0.496 e. The van der Waals surface area contributed by atoms with Crippen LogP contribution in [0.25, 0.3) is 0 Å². The zero-order valence-corrected chi connectivity index (χ0v) is 11.2. The van der Waals surface area contributed by atoms with Crippen LogP contribution in [-0.2, 0) is 15.9 Å². The van der Waals surface area contributed by atoms with E-state index in [0.29, 0.717) is 13.2 Å². The molecule has 1 aromatic rings. The molecule has 0 aromatic heterocycles. The van der Waals surface area contributed by atoms with Crippen LogP contribution >= 0.6 is 0 Å². The molecule has 0 amide bonds. The summed E-state index contributed by atoms with van der Waals surface area (Å²) in [5.74, 6) is 0.820. The molecule has 1 aliphatic heterocycles. The van der Waals surface area contributed by atoms with Gasteiger partial charge in [0.25, 0.3) is 0 Å². The first-order valence-corrected chi connectivity index (χ1v) is 6.35.